The molecule has 1 aromatic heterocycles. The van der Waals surface area contributed by atoms with E-state index in [0.717, 1.165) is 36.6 Å². The quantitative estimate of drug-likeness (QED) is 0.880. The molecule has 0 bridgehead atoms. The number of hydrogen-bond acceptors (Lipinski definition) is 2. The second-order valence-electron chi connectivity index (χ2n) is 4.99. The first-order valence-corrected chi connectivity index (χ1v) is 5.98. The molecule has 2 N–H and O–H groups in total. The zero-order valence-electron chi connectivity index (χ0n) is 9.62. The van der Waals surface area contributed by atoms with Crippen molar-refractivity contribution in [2.75, 3.05) is 0 Å². The highest BCUT2D eigenvalue weighted by atomic mass is 19.1. The van der Waals surface area contributed by atoms with Gasteiger partial charge in [-0.15, -0.1) is 0 Å². The maximum absolute atomic E-state index is 13.1. The van der Waals surface area contributed by atoms with Gasteiger partial charge in [-0.3, -0.25) is 4.98 Å². The Bertz CT molecular complexity index is 561. The summed E-state index contributed by atoms with van der Waals surface area (Å²) in [5.74, 6) is -0.236. The Kier molecular flexibility index (Phi) is 2.37. The summed E-state index contributed by atoms with van der Waals surface area (Å²) in [6.07, 6.45) is 5.95. The Morgan fingerprint density at radius 3 is 2.88 bits per heavy atom. The number of nitrogens with zero attached hydrogens (tertiary/aromatic N) is 1. The van der Waals surface area contributed by atoms with Gasteiger partial charge in [0.2, 0.25) is 0 Å². The number of aryl methyl sites for hydroxylation is 1. The van der Waals surface area contributed by atoms with Crippen LogP contribution in [-0.2, 0) is 6.42 Å². The normalized spacial score (nSPS) is 17.3. The molecule has 1 aliphatic carbocycles. The number of hydrogen-bond donors (Lipinski definition) is 1. The monoisotopic (exact) mass is 230 g/mol. The number of nitrogens with two attached hydrogens (primary N) is 1. The molecule has 0 spiro atoms. The molecule has 0 saturated heterocycles. The van der Waals surface area contributed by atoms with Crippen LogP contribution in [0, 0.1) is 5.82 Å². The third-order valence-electron chi connectivity index (χ3n) is 3.58. The fraction of sp³-hybridized carbons (Fsp3) is 0.357. The van der Waals surface area contributed by atoms with E-state index in [1.807, 2.05) is 12.1 Å². The molecular formula is C14H15FN2. The third-order valence-corrected chi connectivity index (χ3v) is 3.58. The Balaban J connectivity index is 1.92. The van der Waals surface area contributed by atoms with E-state index in [1.54, 1.807) is 6.20 Å². The molecule has 1 aromatic carbocycles. The van der Waals surface area contributed by atoms with Gasteiger partial charge in [0.25, 0.3) is 0 Å². The number of fused-ring (bicyclic) bond motifs is 1. The molecule has 1 aliphatic rings. The summed E-state index contributed by atoms with van der Waals surface area (Å²) in [6.45, 7) is 0. The molecule has 1 heterocycles. The lowest BCUT2D eigenvalue weighted by atomic mass is 10.0. The van der Waals surface area contributed by atoms with E-state index in [2.05, 4.69) is 4.98 Å². The Morgan fingerprint density at radius 2 is 2.12 bits per heavy atom. The van der Waals surface area contributed by atoms with Crippen molar-refractivity contribution in [3.63, 3.8) is 0 Å². The van der Waals surface area contributed by atoms with Crippen LogP contribution in [0.2, 0.25) is 0 Å². The lowest BCUT2D eigenvalue weighted by Gasteiger charge is -2.10. The maximum Gasteiger partial charge on any atom is 0.125 e. The maximum atomic E-state index is 13.1. The van der Waals surface area contributed by atoms with E-state index in [-0.39, 0.29) is 11.4 Å². The van der Waals surface area contributed by atoms with Crippen molar-refractivity contribution in [3.8, 4) is 0 Å². The van der Waals surface area contributed by atoms with E-state index in [1.165, 1.54) is 17.7 Å². The van der Waals surface area contributed by atoms with Crippen LogP contribution in [0.1, 0.15) is 24.8 Å². The summed E-state index contributed by atoms with van der Waals surface area (Å²) in [7, 11) is 0. The molecule has 17 heavy (non-hydrogen) atoms. The predicted molar refractivity (Wildman–Crippen MR) is 66.2 cm³/mol. The highest BCUT2D eigenvalue weighted by molar-refractivity contribution is 5.81. The van der Waals surface area contributed by atoms with Crippen LogP contribution >= 0.6 is 0 Å². The lowest BCUT2D eigenvalue weighted by molar-refractivity contribution is 0.610. The minimum atomic E-state index is -0.236. The van der Waals surface area contributed by atoms with Crippen molar-refractivity contribution < 1.29 is 4.39 Å². The van der Waals surface area contributed by atoms with E-state index >= 15 is 0 Å². The molecule has 3 rings (SSSR count). The van der Waals surface area contributed by atoms with Crippen molar-refractivity contribution in [1.82, 2.24) is 4.98 Å². The zero-order chi connectivity index (χ0) is 11.9. The number of aromatic nitrogens is 1. The third kappa shape index (κ3) is 2.15. The molecule has 0 amide bonds. The van der Waals surface area contributed by atoms with Gasteiger partial charge < -0.3 is 5.73 Å². The predicted octanol–water partition coefficient (Wildman–Crippen LogP) is 2.80. The molecule has 88 valence electrons. The SMILES string of the molecule is NC1(CCc2ccnc3cc(F)ccc23)CC1. The second kappa shape index (κ2) is 3.77. The van der Waals surface area contributed by atoms with Crippen LogP contribution in [0.15, 0.2) is 30.5 Å². The van der Waals surface area contributed by atoms with Crippen LogP contribution < -0.4 is 5.73 Å². The summed E-state index contributed by atoms with van der Waals surface area (Å²) in [5, 5.41) is 1.04. The van der Waals surface area contributed by atoms with Gasteiger partial charge >= 0.3 is 0 Å². The molecular weight excluding hydrogens is 215 g/mol. The van der Waals surface area contributed by atoms with Gasteiger partial charge in [0.05, 0.1) is 5.52 Å². The first-order chi connectivity index (χ1) is 8.16. The summed E-state index contributed by atoms with van der Waals surface area (Å²) < 4.78 is 13.1. The van der Waals surface area contributed by atoms with Crippen LogP contribution in [-0.4, -0.2) is 10.5 Å². The Hall–Kier alpha value is -1.48. The van der Waals surface area contributed by atoms with E-state index in [9.17, 15) is 4.39 Å². The van der Waals surface area contributed by atoms with Crippen molar-refractivity contribution in [2.24, 2.45) is 5.73 Å². The Labute approximate surface area is 99.7 Å². The van der Waals surface area contributed by atoms with Crippen molar-refractivity contribution in [2.45, 2.75) is 31.2 Å². The molecule has 0 atom stereocenters. The van der Waals surface area contributed by atoms with Crippen molar-refractivity contribution >= 4 is 10.9 Å². The summed E-state index contributed by atoms with van der Waals surface area (Å²) in [6, 6.07) is 6.78. The number of benzene rings is 1. The number of pyridine rings is 1. The highest BCUT2D eigenvalue weighted by Crippen LogP contribution is 2.37. The van der Waals surface area contributed by atoms with E-state index in [0.29, 0.717) is 0 Å². The molecule has 2 nitrogen and oxygen atoms in total. The van der Waals surface area contributed by atoms with Crippen LogP contribution in [0.25, 0.3) is 10.9 Å². The minimum absolute atomic E-state index is 0.0651. The topological polar surface area (TPSA) is 38.9 Å². The summed E-state index contributed by atoms with van der Waals surface area (Å²) in [4.78, 5) is 4.19. The average Bonchev–Trinajstić information content (AvgIpc) is 3.05. The smallest absolute Gasteiger partial charge is 0.125 e. The van der Waals surface area contributed by atoms with Crippen LogP contribution in [0.3, 0.4) is 0 Å². The molecule has 0 aliphatic heterocycles. The largest absolute Gasteiger partial charge is 0.325 e. The first-order valence-electron chi connectivity index (χ1n) is 5.98. The van der Waals surface area contributed by atoms with Crippen LogP contribution in [0.5, 0.6) is 0 Å². The number of rotatable bonds is 3. The standard InChI is InChI=1S/C14H15FN2/c15-11-1-2-12-10(3-5-14(16)6-7-14)4-8-17-13(12)9-11/h1-2,4,8-9H,3,5-7,16H2. The minimum Gasteiger partial charge on any atom is -0.325 e. The van der Waals surface area contributed by atoms with Crippen molar-refractivity contribution in [1.29, 1.82) is 0 Å². The highest BCUT2D eigenvalue weighted by Gasteiger charge is 2.37. The van der Waals surface area contributed by atoms with Gasteiger partial charge in [-0.2, -0.15) is 0 Å². The fourth-order valence-corrected chi connectivity index (χ4v) is 2.19. The average molecular weight is 230 g/mol. The fourth-order valence-electron chi connectivity index (χ4n) is 2.19. The van der Waals surface area contributed by atoms with E-state index < -0.39 is 0 Å². The van der Waals surface area contributed by atoms with E-state index in [4.69, 9.17) is 5.73 Å². The number of halogens is 1. The molecule has 0 unspecified atom stereocenters. The van der Waals surface area contributed by atoms with Crippen molar-refractivity contribution in [3.05, 3.63) is 41.8 Å². The summed E-state index contributed by atoms with van der Waals surface area (Å²) >= 11 is 0. The van der Waals surface area contributed by atoms with Gasteiger partial charge in [0, 0.05) is 23.2 Å². The van der Waals surface area contributed by atoms with Gasteiger partial charge in [-0.05, 0) is 49.4 Å². The van der Waals surface area contributed by atoms with Crippen LogP contribution in [0.4, 0.5) is 4.39 Å². The zero-order valence-corrected chi connectivity index (χ0v) is 9.62. The van der Waals surface area contributed by atoms with Gasteiger partial charge in [-0.1, -0.05) is 0 Å². The molecule has 3 heteroatoms. The summed E-state index contributed by atoms with van der Waals surface area (Å²) in [5.41, 5.74) is 8.09. The molecule has 1 fully saturated rings. The van der Waals surface area contributed by atoms with Gasteiger partial charge in [0.15, 0.2) is 0 Å². The van der Waals surface area contributed by atoms with Gasteiger partial charge in [0.1, 0.15) is 5.82 Å². The first kappa shape index (κ1) is 10.7. The molecule has 2 aromatic rings. The molecule has 0 radical (unpaired) electrons. The molecule has 1 saturated carbocycles. The van der Waals surface area contributed by atoms with Gasteiger partial charge in [-0.25, -0.2) is 4.39 Å². The second-order valence-corrected chi connectivity index (χ2v) is 4.99. The lowest BCUT2D eigenvalue weighted by Crippen LogP contribution is -2.22. The Morgan fingerprint density at radius 1 is 1.29 bits per heavy atom.